The zero-order valence-corrected chi connectivity index (χ0v) is 11.9. The second-order valence-corrected chi connectivity index (χ2v) is 5.75. The number of hydrogen-bond acceptors (Lipinski definition) is 3. The number of nitrogens with one attached hydrogen (secondary N) is 1. The number of carboxylic acids is 1. The summed E-state index contributed by atoms with van der Waals surface area (Å²) in [6.45, 7) is 0. The third-order valence-electron chi connectivity index (χ3n) is 3.60. The lowest BCUT2D eigenvalue weighted by Crippen LogP contribution is -2.39. The molecule has 0 spiro atoms. The summed E-state index contributed by atoms with van der Waals surface area (Å²) in [7, 11) is 0. The predicted octanol–water partition coefficient (Wildman–Crippen LogP) is 2.04. The molecule has 4 atom stereocenters. The molecule has 2 bridgehead atoms. The summed E-state index contributed by atoms with van der Waals surface area (Å²) < 4.78 is 6.38. The normalized spacial score (nSPS) is 30.4. The Morgan fingerprint density at radius 2 is 1.70 bits per heavy atom. The molecule has 1 saturated heterocycles. The zero-order valence-electron chi connectivity index (χ0n) is 10.3. The van der Waals surface area contributed by atoms with Gasteiger partial charge in [-0.05, 0) is 24.3 Å². The van der Waals surface area contributed by atoms with E-state index in [1.165, 1.54) is 0 Å². The first-order valence-electron chi connectivity index (χ1n) is 6.19. The number of amides is 1. The van der Waals surface area contributed by atoms with Crippen molar-refractivity contribution in [1.82, 2.24) is 0 Å². The first kappa shape index (κ1) is 13.3. The summed E-state index contributed by atoms with van der Waals surface area (Å²) >= 11 is 3.31. The Labute approximate surface area is 123 Å². The van der Waals surface area contributed by atoms with E-state index in [0.717, 1.165) is 4.47 Å². The van der Waals surface area contributed by atoms with Crippen molar-refractivity contribution in [1.29, 1.82) is 0 Å². The fourth-order valence-corrected chi connectivity index (χ4v) is 2.94. The largest absolute Gasteiger partial charge is 0.481 e. The van der Waals surface area contributed by atoms with Gasteiger partial charge in [-0.2, -0.15) is 0 Å². The van der Waals surface area contributed by atoms with Gasteiger partial charge in [0, 0.05) is 10.2 Å². The van der Waals surface area contributed by atoms with E-state index in [1.54, 1.807) is 24.3 Å². The van der Waals surface area contributed by atoms with Crippen LogP contribution in [0.25, 0.3) is 0 Å². The molecule has 0 radical (unpaired) electrons. The Kier molecular flexibility index (Phi) is 3.35. The summed E-state index contributed by atoms with van der Waals surface area (Å²) in [6, 6.07) is 7.12. The Morgan fingerprint density at radius 3 is 2.30 bits per heavy atom. The number of fused-ring (bicyclic) bond motifs is 2. The van der Waals surface area contributed by atoms with Crippen LogP contribution < -0.4 is 5.32 Å². The predicted molar refractivity (Wildman–Crippen MR) is 75.2 cm³/mol. The van der Waals surface area contributed by atoms with Gasteiger partial charge in [0.25, 0.3) is 0 Å². The minimum Gasteiger partial charge on any atom is -0.481 e. The van der Waals surface area contributed by atoms with Crippen molar-refractivity contribution in [3.8, 4) is 0 Å². The van der Waals surface area contributed by atoms with Gasteiger partial charge in [0.2, 0.25) is 5.91 Å². The van der Waals surface area contributed by atoms with E-state index in [0.29, 0.717) is 5.69 Å². The number of hydrogen-bond donors (Lipinski definition) is 2. The molecular weight excluding hydrogens is 326 g/mol. The molecule has 0 aromatic heterocycles. The number of anilines is 1. The van der Waals surface area contributed by atoms with Gasteiger partial charge in [-0.25, -0.2) is 0 Å². The molecule has 3 rings (SSSR count). The number of carbonyl (C=O) groups excluding carboxylic acids is 1. The van der Waals surface area contributed by atoms with Crippen molar-refractivity contribution < 1.29 is 19.4 Å². The van der Waals surface area contributed by atoms with Gasteiger partial charge in [-0.1, -0.05) is 28.1 Å². The standard InChI is InChI=1S/C14H12BrNO4/c15-7-1-3-8(4-2-7)16-13(17)11-9-5-6-10(20-9)12(11)14(18)19/h1-6,9-12H,(H,16,17)(H,18,19)/t9-,10-,11+,12-/m0/s1. The first-order valence-corrected chi connectivity index (χ1v) is 6.98. The van der Waals surface area contributed by atoms with E-state index in [1.807, 2.05) is 12.1 Å². The van der Waals surface area contributed by atoms with Crippen LogP contribution in [0.1, 0.15) is 0 Å². The van der Waals surface area contributed by atoms with Crippen LogP contribution in [0.4, 0.5) is 5.69 Å². The highest BCUT2D eigenvalue weighted by molar-refractivity contribution is 9.10. The highest BCUT2D eigenvalue weighted by Gasteiger charge is 2.53. The SMILES string of the molecule is O=C(O)[C@@H]1[C@H](C(=O)Nc2ccc(Br)cc2)[C@@H]2C=C[C@@H]1O2. The van der Waals surface area contributed by atoms with Crippen molar-refractivity contribution in [2.45, 2.75) is 12.2 Å². The van der Waals surface area contributed by atoms with Crippen LogP contribution in [0.2, 0.25) is 0 Å². The number of halogens is 1. The van der Waals surface area contributed by atoms with Crippen LogP contribution in [0.3, 0.4) is 0 Å². The molecule has 2 aliphatic heterocycles. The molecule has 1 aromatic rings. The molecule has 20 heavy (non-hydrogen) atoms. The lowest BCUT2D eigenvalue weighted by molar-refractivity contribution is -0.145. The van der Waals surface area contributed by atoms with Crippen LogP contribution in [-0.4, -0.2) is 29.2 Å². The number of benzene rings is 1. The fraction of sp³-hybridized carbons (Fsp3) is 0.286. The molecule has 104 valence electrons. The zero-order chi connectivity index (χ0) is 14.3. The second-order valence-electron chi connectivity index (χ2n) is 4.84. The monoisotopic (exact) mass is 337 g/mol. The molecule has 1 amide bonds. The van der Waals surface area contributed by atoms with Crippen molar-refractivity contribution in [2.75, 3.05) is 5.32 Å². The van der Waals surface area contributed by atoms with E-state index >= 15 is 0 Å². The molecule has 1 aromatic carbocycles. The van der Waals surface area contributed by atoms with Crippen LogP contribution in [-0.2, 0) is 14.3 Å². The van der Waals surface area contributed by atoms with Crippen LogP contribution in [0, 0.1) is 11.8 Å². The quantitative estimate of drug-likeness (QED) is 0.827. The first-order chi connectivity index (χ1) is 9.56. The van der Waals surface area contributed by atoms with Gasteiger partial charge in [0.1, 0.15) is 5.92 Å². The highest BCUT2D eigenvalue weighted by Crippen LogP contribution is 2.39. The van der Waals surface area contributed by atoms with Crippen molar-refractivity contribution >= 4 is 33.5 Å². The number of carbonyl (C=O) groups is 2. The molecule has 2 N–H and O–H groups in total. The highest BCUT2D eigenvalue weighted by atomic mass is 79.9. The molecule has 6 heteroatoms. The molecule has 0 aliphatic carbocycles. The maximum Gasteiger partial charge on any atom is 0.310 e. The molecular formula is C14H12BrNO4. The van der Waals surface area contributed by atoms with E-state index in [-0.39, 0.29) is 5.91 Å². The number of carboxylic acid groups (broad SMARTS) is 1. The van der Waals surface area contributed by atoms with Crippen molar-refractivity contribution in [3.63, 3.8) is 0 Å². The maximum atomic E-state index is 12.3. The summed E-state index contributed by atoms with van der Waals surface area (Å²) in [4.78, 5) is 23.6. The molecule has 0 saturated carbocycles. The van der Waals surface area contributed by atoms with E-state index in [9.17, 15) is 14.7 Å². The van der Waals surface area contributed by atoms with Crippen molar-refractivity contribution in [2.24, 2.45) is 11.8 Å². The lowest BCUT2D eigenvalue weighted by atomic mass is 9.82. The Morgan fingerprint density at radius 1 is 1.10 bits per heavy atom. The summed E-state index contributed by atoms with van der Waals surface area (Å²) in [5.41, 5.74) is 0.633. The lowest BCUT2D eigenvalue weighted by Gasteiger charge is -2.20. The summed E-state index contributed by atoms with van der Waals surface area (Å²) in [5.74, 6) is -2.83. The molecule has 1 fully saturated rings. The summed E-state index contributed by atoms with van der Waals surface area (Å²) in [5, 5.41) is 12.0. The molecule has 5 nitrogen and oxygen atoms in total. The summed E-state index contributed by atoms with van der Waals surface area (Å²) in [6.07, 6.45) is 2.53. The van der Waals surface area contributed by atoms with E-state index < -0.39 is 30.0 Å². The minimum atomic E-state index is -1.00. The van der Waals surface area contributed by atoms with E-state index in [2.05, 4.69) is 21.2 Å². The average molecular weight is 338 g/mol. The number of aliphatic carboxylic acids is 1. The van der Waals surface area contributed by atoms with Crippen molar-refractivity contribution in [3.05, 3.63) is 40.9 Å². The molecule has 2 aliphatic rings. The van der Waals surface area contributed by atoms with Gasteiger partial charge < -0.3 is 15.2 Å². The number of rotatable bonds is 3. The van der Waals surface area contributed by atoms with Gasteiger partial charge in [0.05, 0.1) is 18.1 Å². The molecule has 2 heterocycles. The fourth-order valence-electron chi connectivity index (χ4n) is 2.67. The second kappa shape index (κ2) is 5.03. The Balaban J connectivity index is 1.78. The van der Waals surface area contributed by atoms with Gasteiger partial charge in [-0.3, -0.25) is 9.59 Å². The third-order valence-corrected chi connectivity index (χ3v) is 4.13. The van der Waals surface area contributed by atoms with Gasteiger partial charge >= 0.3 is 5.97 Å². The van der Waals surface area contributed by atoms with E-state index in [4.69, 9.17) is 4.74 Å². The minimum absolute atomic E-state index is 0.323. The van der Waals surface area contributed by atoms with Crippen LogP contribution in [0.15, 0.2) is 40.9 Å². The maximum absolute atomic E-state index is 12.3. The average Bonchev–Trinajstić information content (AvgIpc) is 3.01. The number of ether oxygens (including phenoxy) is 1. The topological polar surface area (TPSA) is 75.6 Å². The van der Waals surface area contributed by atoms with Gasteiger partial charge in [-0.15, -0.1) is 0 Å². The third kappa shape index (κ3) is 2.25. The smallest absolute Gasteiger partial charge is 0.310 e. The Bertz CT molecular complexity index is 583. The van der Waals surface area contributed by atoms with Crippen LogP contribution in [0.5, 0.6) is 0 Å². The van der Waals surface area contributed by atoms with Gasteiger partial charge in [0.15, 0.2) is 0 Å². The van der Waals surface area contributed by atoms with Crippen LogP contribution >= 0.6 is 15.9 Å². The molecule has 0 unspecified atom stereocenters. The Hall–Kier alpha value is -1.66.